The molecule has 96 valence electrons. The summed E-state index contributed by atoms with van der Waals surface area (Å²) in [5, 5.41) is 0. The number of rotatable bonds is 3. The lowest BCUT2D eigenvalue weighted by molar-refractivity contribution is -0.104. The maximum Gasteiger partial charge on any atom is 0.329 e. The van der Waals surface area contributed by atoms with Crippen molar-refractivity contribution >= 4 is 34.1 Å². The van der Waals surface area contributed by atoms with Crippen molar-refractivity contribution in [2.45, 2.75) is 6.92 Å². The molecule has 0 aliphatic carbocycles. The third kappa shape index (κ3) is 3.66. The van der Waals surface area contributed by atoms with Gasteiger partial charge in [0.05, 0.1) is 0 Å². The first kappa shape index (κ1) is 14.4. The van der Waals surface area contributed by atoms with Crippen molar-refractivity contribution in [2.75, 3.05) is 19.0 Å². The highest BCUT2D eigenvalue weighted by Gasteiger charge is 2.15. The maximum absolute atomic E-state index is 12.0. The van der Waals surface area contributed by atoms with Crippen LogP contribution in [-0.2, 0) is 4.79 Å². The summed E-state index contributed by atoms with van der Waals surface area (Å²) in [6, 6.07) is 3.26. The molecule has 5 nitrogen and oxygen atoms in total. The summed E-state index contributed by atoms with van der Waals surface area (Å²) in [5.41, 5.74) is 0.475. The second kappa shape index (κ2) is 6.30. The Kier molecular flexibility index (Phi) is 5.03. The van der Waals surface area contributed by atoms with Crippen molar-refractivity contribution in [1.82, 2.24) is 9.88 Å². The Morgan fingerprint density at radius 3 is 2.56 bits per heavy atom. The van der Waals surface area contributed by atoms with E-state index < -0.39 is 0 Å². The largest absolute Gasteiger partial charge is 0.329 e. The summed E-state index contributed by atoms with van der Waals surface area (Å²) in [6.45, 7) is 1.63. The van der Waals surface area contributed by atoms with Gasteiger partial charge in [-0.25, -0.2) is 9.78 Å². The molecule has 0 aliphatic heterocycles. The SMILES string of the molecule is C/C(C=O)=C/N(C)C(=O)N(C)c1ccc(Br)cn1. The fraction of sp³-hybridized carbons (Fsp3) is 0.250. The van der Waals surface area contributed by atoms with Crippen LogP contribution in [0.3, 0.4) is 0 Å². The number of carbonyl (C=O) groups excluding carboxylic acids is 2. The smallest absolute Gasteiger partial charge is 0.303 e. The Balaban J connectivity index is 2.84. The zero-order chi connectivity index (χ0) is 13.7. The lowest BCUT2D eigenvalue weighted by Crippen LogP contribution is -2.36. The van der Waals surface area contributed by atoms with Crippen molar-refractivity contribution in [1.29, 1.82) is 0 Å². The van der Waals surface area contributed by atoms with Crippen LogP contribution in [0.1, 0.15) is 6.92 Å². The van der Waals surface area contributed by atoms with Crippen LogP contribution < -0.4 is 4.90 Å². The van der Waals surface area contributed by atoms with E-state index in [9.17, 15) is 9.59 Å². The summed E-state index contributed by atoms with van der Waals surface area (Å²) >= 11 is 3.28. The van der Waals surface area contributed by atoms with Gasteiger partial charge in [-0.05, 0) is 35.0 Å². The van der Waals surface area contributed by atoms with Gasteiger partial charge in [-0.2, -0.15) is 0 Å². The monoisotopic (exact) mass is 311 g/mol. The van der Waals surface area contributed by atoms with Crippen LogP contribution in [0.5, 0.6) is 0 Å². The molecule has 1 rings (SSSR count). The zero-order valence-corrected chi connectivity index (χ0v) is 12.0. The summed E-state index contributed by atoms with van der Waals surface area (Å²) in [6.07, 6.45) is 3.79. The minimum absolute atomic E-state index is 0.272. The zero-order valence-electron chi connectivity index (χ0n) is 10.4. The molecule has 0 N–H and O–H groups in total. The highest BCUT2D eigenvalue weighted by atomic mass is 79.9. The number of hydrogen-bond donors (Lipinski definition) is 0. The van der Waals surface area contributed by atoms with Crippen molar-refractivity contribution < 1.29 is 9.59 Å². The topological polar surface area (TPSA) is 53.5 Å². The maximum atomic E-state index is 12.0. The van der Waals surface area contributed by atoms with Gasteiger partial charge in [0.2, 0.25) is 0 Å². The number of allylic oxidation sites excluding steroid dienone is 1. The number of anilines is 1. The summed E-state index contributed by atoms with van der Waals surface area (Å²) in [5.74, 6) is 0.534. The highest BCUT2D eigenvalue weighted by molar-refractivity contribution is 9.10. The van der Waals surface area contributed by atoms with Gasteiger partial charge >= 0.3 is 6.03 Å². The first-order valence-electron chi connectivity index (χ1n) is 5.21. The lowest BCUT2D eigenvalue weighted by atomic mass is 10.3. The van der Waals surface area contributed by atoms with E-state index in [-0.39, 0.29) is 6.03 Å². The minimum Gasteiger partial charge on any atom is -0.303 e. The van der Waals surface area contributed by atoms with Gasteiger partial charge < -0.3 is 4.90 Å². The molecule has 0 unspecified atom stereocenters. The molecule has 18 heavy (non-hydrogen) atoms. The van der Waals surface area contributed by atoms with E-state index in [0.717, 1.165) is 4.47 Å². The van der Waals surface area contributed by atoms with Crippen LogP contribution in [0.2, 0.25) is 0 Å². The predicted molar refractivity (Wildman–Crippen MR) is 73.3 cm³/mol. The Morgan fingerprint density at radius 1 is 1.39 bits per heavy atom. The van der Waals surface area contributed by atoms with E-state index in [0.29, 0.717) is 17.7 Å². The number of urea groups is 1. The molecule has 0 saturated heterocycles. The highest BCUT2D eigenvalue weighted by Crippen LogP contribution is 2.14. The van der Waals surface area contributed by atoms with Crippen LogP contribution in [-0.4, -0.2) is 36.3 Å². The number of amides is 2. The third-order valence-electron chi connectivity index (χ3n) is 2.23. The standard InChI is InChI=1S/C12H14BrN3O2/c1-9(8-17)7-15(2)12(18)16(3)11-5-4-10(13)6-14-11/h4-8H,1-3H3/b9-7-. The fourth-order valence-electron chi connectivity index (χ4n) is 1.29. The molecule has 0 saturated carbocycles. The van der Waals surface area contributed by atoms with E-state index in [2.05, 4.69) is 20.9 Å². The lowest BCUT2D eigenvalue weighted by Gasteiger charge is -2.21. The molecule has 0 aromatic carbocycles. The van der Waals surface area contributed by atoms with Crippen LogP contribution in [0.4, 0.5) is 10.6 Å². The molecule has 0 bridgehead atoms. The minimum atomic E-state index is -0.272. The molecule has 1 aromatic heterocycles. The number of aldehydes is 1. The number of nitrogens with zero attached hydrogens (tertiary/aromatic N) is 3. The van der Waals surface area contributed by atoms with Gasteiger partial charge in [0.1, 0.15) is 12.1 Å². The fourth-order valence-corrected chi connectivity index (χ4v) is 1.53. The number of pyridine rings is 1. The van der Waals surface area contributed by atoms with Crippen LogP contribution in [0.15, 0.2) is 34.6 Å². The first-order chi connectivity index (χ1) is 8.45. The van der Waals surface area contributed by atoms with Gasteiger partial charge in [0.25, 0.3) is 0 Å². The molecular formula is C12H14BrN3O2. The Hall–Kier alpha value is -1.69. The molecule has 0 aliphatic rings. The quantitative estimate of drug-likeness (QED) is 0.636. The molecule has 1 heterocycles. The predicted octanol–water partition coefficient (Wildman–Crippen LogP) is 2.43. The second-order valence-corrected chi connectivity index (χ2v) is 4.69. The van der Waals surface area contributed by atoms with Gasteiger partial charge in [0.15, 0.2) is 0 Å². The van der Waals surface area contributed by atoms with Gasteiger partial charge in [-0.15, -0.1) is 0 Å². The Bertz CT molecular complexity index is 471. The number of aromatic nitrogens is 1. The van der Waals surface area contributed by atoms with E-state index in [4.69, 9.17) is 0 Å². The molecule has 0 fully saturated rings. The summed E-state index contributed by atoms with van der Waals surface area (Å²) in [4.78, 5) is 29.4. The molecule has 1 aromatic rings. The number of hydrogen-bond acceptors (Lipinski definition) is 3. The van der Waals surface area contributed by atoms with Gasteiger partial charge in [-0.1, -0.05) is 0 Å². The van der Waals surface area contributed by atoms with Crippen molar-refractivity contribution in [3.05, 3.63) is 34.6 Å². The molecular weight excluding hydrogens is 298 g/mol. The van der Waals surface area contributed by atoms with E-state index >= 15 is 0 Å². The Morgan fingerprint density at radius 2 is 2.06 bits per heavy atom. The second-order valence-electron chi connectivity index (χ2n) is 3.78. The van der Waals surface area contributed by atoms with Gasteiger partial charge in [0, 0.05) is 36.5 Å². The first-order valence-corrected chi connectivity index (χ1v) is 6.00. The molecule has 2 amide bonds. The summed E-state index contributed by atoms with van der Waals surface area (Å²) in [7, 11) is 3.21. The molecule has 0 atom stereocenters. The van der Waals surface area contributed by atoms with Crippen LogP contribution in [0, 0.1) is 0 Å². The van der Waals surface area contributed by atoms with Crippen LogP contribution >= 0.6 is 15.9 Å². The number of halogens is 1. The third-order valence-corrected chi connectivity index (χ3v) is 2.70. The van der Waals surface area contributed by atoms with E-state index in [1.807, 2.05) is 0 Å². The van der Waals surface area contributed by atoms with Crippen molar-refractivity contribution in [2.24, 2.45) is 0 Å². The van der Waals surface area contributed by atoms with E-state index in [1.165, 1.54) is 16.0 Å². The van der Waals surface area contributed by atoms with Crippen LogP contribution in [0.25, 0.3) is 0 Å². The average molecular weight is 312 g/mol. The molecule has 0 spiro atoms. The van der Waals surface area contributed by atoms with E-state index in [1.54, 1.807) is 39.3 Å². The normalized spacial score (nSPS) is 11.0. The number of carbonyl (C=O) groups is 2. The average Bonchev–Trinajstić information content (AvgIpc) is 2.37. The summed E-state index contributed by atoms with van der Waals surface area (Å²) < 4.78 is 0.845. The van der Waals surface area contributed by atoms with Gasteiger partial charge in [-0.3, -0.25) is 9.69 Å². The van der Waals surface area contributed by atoms with Crippen molar-refractivity contribution in [3.63, 3.8) is 0 Å². The molecule has 0 radical (unpaired) electrons. The Labute approximate surface area is 114 Å². The molecule has 6 heteroatoms. The van der Waals surface area contributed by atoms with Crippen molar-refractivity contribution in [3.8, 4) is 0 Å².